The van der Waals surface area contributed by atoms with Crippen LogP contribution in [0.2, 0.25) is 0 Å². The minimum absolute atomic E-state index is 0.131. The van der Waals surface area contributed by atoms with E-state index >= 15 is 0 Å². The first-order valence-corrected chi connectivity index (χ1v) is 13.4. The highest BCUT2D eigenvalue weighted by molar-refractivity contribution is 8.00. The van der Waals surface area contributed by atoms with Gasteiger partial charge in [0, 0.05) is 17.7 Å². The molecule has 1 fully saturated rings. The van der Waals surface area contributed by atoms with Gasteiger partial charge in [0.15, 0.2) is 0 Å². The number of imidazole rings is 1. The maximum atomic E-state index is 13.0. The molecule has 7 nitrogen and oxygen atoms in total. The van der Waals surface area contributed by atoms with Crippen molar-refractivity contribution in [2.75, 3.05) is 0 Å². The molecule has 0 radical (unpaired) electrons. The number of carbonyl (C=O) groups is 1. The van der Waals surface area contributed by atoms with Gasteiger partial charge in [-0.1, -0.05) is 87.3 Å². The van der Waals surface area contributed by atoms with Gasteiger partial charge in [0.05, 0.1) is 5.56 Å². The molecule has 2 heterocycles. The number of aromatic carboxylic acids is 1. The molecule has 0 atom stereocenters. The molecule has 2 N–H and O–H groups in total. The molecule has 2 aromatic heterocycles. The smallest absolute Gasteiger partial charge is 0.336 e. The Morgan fingerprint density at radius 2 is 1.83 bits per heavy atom. The molecule has 186 valence electrons. The zero-order valence-electron chi connectivity index (χ0n) is 20.5. The van der Waals surface area contributed by atoms with Crippen LogP contribution < -0.4 is 5.56 Å². The average molecular weight is 503 g/mol. The number of thioether (sulfide) groups is 1. The molecule has 0 saturated heterocycles. The standard InChI is InChI=1S/C28H30N4O3S/c1-17(2)25-29-23-24(26(33)30-31-27(23)36-20-8-4-3-5-9-20)32(25)16-18-12-14-19(15-13-18)21-10-6-7-11-22(21)28(34)35/h6-7,10-15,17,20H,3-5,8-9,16H2,1-2H3,(H,30,33)(H,34,35). The topological polar surface area (TPSA) is 101 Å². The van der Waals surface area contributed by atoms with Crippen molar-refractivity contribution in [2.24, 2.45) is 0 Å². The number of hydrogen-bond donors (Lipinski definition) is 2. The monoisotopic (exact) mass is 502 g/mol. The van der Waals surface area contributed by atoms with E-state index in [1.165, 1.54) is 32.1 Å². The minimum Gasteiger partial charge on any atom is -0.478 e. The number of rotatable bonds is 7. The Labute approximate surface area is 214 Å². The second kappa shape index (κ2) is 10.3. The highest BCUT2D eigenvalue weighted by Crippen LogP contribution is 2.35. The van der Waals surface area contributed by atoms with Crippen LogP contribution in [0, 0.1) is 0 Å². The second-order valence-corrected chi connectivity index (χ2v) is 11.0. The largest absolute Gasteiger partial charge is 0.478 e. The molecule has 5 rings (SSSR count). The van der Waals surface area contributed by atoms with Gasteiger partial charge in [0.2, 0.25) is 0 Å². The summed E-state index contributed by atoms with van der Waals surface area (Å²) in [4.78, 5) is 29.5. The van der Waals surface area contributed by atoms with E-state index in [1.54, 1.807) is 23.9 Å². The van der Waals surface area contributed by atoms with Gasteiger partial charge in [-0.25, -0.2) is 14.9 Å². The van der Waals surface area contributed by atoms with Crippen LogP contribution >= 0.6 is 11.8 Å². The molecule has 0 unspecified atom stereocenters. The first kappa shape index (κ1) is 24.3. The van der Waals surface area contributed by atoms with E-state index in [0.29, 0.717) is 28.4 Å². The third-order valence-electron chi connectivity index (χ3n) is 6.78. The molecular formula is C28H30N4O3S. The van der Waals surface area contributed by atoms with Gasteiger partial charge in [-0.3, -0.25) is 4.79 Å². The highest BCUT2D eigenvalue weighted by atomic mass is 32.2. The van der Waals surface area contributed by atoms with E-state index in [2.05, 4.69) is 24.0 Å². The number of aromatic amines is 1. The lowest BCUT2D eigenvalue weighted by Crippen LogP contribution is -2.16. The zero-order chi connectivity index (χ0) is 25.2. The Bertz CT molecular complexity index is 1450. The van der Waals surface area contributed by atoms with Crippen molar-refractivity contribution in [1.29, 1.82) is 0 Å². The Balaban J connectivity index is 1.50. The van der Waals surface area contributed by atoms with Crippen molar-refractivity contribution in [2.45, 2.75) is 68.7 Å². The van der Waals surface area contributed by atoms with Gasteiger partial charge >= 0.3 is 5.97 Å². The van der Waals surface area contributed by atoms with Crippen molar-refractivity contribution in [1.82, 2.24) is 19.7 Å². The summed E-state index contributed by atoms with van der Waals surface area (Å²) in [5.41, 5.74) is 3.81. The van der Waals surface area contributed by atoms with Crippen molar-refractivity contribution in [3.63, 3.8) is 0 Å². The number of carboxylic acids is 1. The SMILES string of the molecule is CC(C)c1nc2c(SC3CCCCC3)n[nH]c(=O)c2n1Cc1ccc(-c2ccccc2C(=O)O)cc1. The van der Waals surface area contributed by atoms with E-state index < -0.39 is 5.97 Å². The molecule has 2 aromatic carbocycles. The van der Waals surface area contributed by atoms with Crippen molar-refractivity contribution in [3.05, 3.63) is 75.8 Å². The van der Waals surface area contributed by atoms with Crippen molar-refractivity contribution >= 4 is 28.8 Å². The van der Waals surface area contributed by atoms with E-state index in [9.17, 15) is 14.7 Å². The number of hydrogen-bond acceptors (Lipinski definition) is 5. The Morgan fingerprint density at radius 1 is 1.11 bits per heavy atom. The number of benzene rings is 2. The molecule has 8 heteroatoms. The second-order valence-electron chi connectivity index (χ2n) is 9.69. The fraction of sp³-hybridized carbons (Fsp3) is 0.357. The van der Waals surface area contributed by atoms with E-state index in [4.69, 9.17) is 4.98 Å². The summed E-state index contributed by atoms with van der Waals surface area (Å²) in [5, 5.41) is 18.0. The zero-order valence-corrected chi connectivity index (χ0v) is 21.3. The van der Waals surface area contributed by atoms with Crippen LogP contribution in [0.3, 0.4) is 0 Å². The van der Waals surface area contributed by atoms with E-state index in [1.807, 2.05) is 41.0 Å². The van der Waals surface area contributed by atoms with Crippen molar-refractivity contribution in [3.8, 4) is 11.1 Å². The highest BCUT2D eigenvalue weighted by Gasteiger charge is 2.23. The molecule has 1 aliphatic carbocycles. The number of H-pyrrole nitrogens is 1. The maximum absolute atomic E-state index is 13.0. The molecule has 4 aromatic rings. The number of aromatic nitrogens is 4. The molecule has 0 amide bonds. The summed E-state index contributed by atoms with van der Waals surface area (Å²) < 4.78 is 2.01. The summed E-state index contributed by atoms with van der Waals surface area (Å²) in [6.45, 7) is 4.66. The molecule has 36 heavy (non-hydrogen) atoms. The van der Waals surface area contributed by atoms with Crippen LogP contribution in [0.5, 0.6) is 0 Å². The van der Waals surface area contributed by atoms with Crippen LogP contribution in [0.1, 0.15) is 73.6 Å². The van der Waals surface area contributed by atoms with Gasteiger partial charge in [0.25, 0.3) is 5.56 Å². The van der Waals surface area contributed by atoms with Gasteiger partial charge in [-0.2, -0.15) is 5.10 Å². The lowest BCUT2D eigenvalue weighted by molar-refractivity contribution is 0.0697. The quantitative estimate of drug-likeness (QED) is 0.318. The van der Waals surface area contributed by atoms with Gasteiger partial charge in [-0.15, -0.1) is 0 Å². The van der Waals surface area contributed by atoms with Gasteiger partial charge in [-0.05, 0) is 35.6 Å². The van der Waals surface area contributed by atoms with Gasteiger partial charge < -0.3 is 9.67 Å². The molecule has 1 saturated carbocycles. The van der Waals surface area contributed by atoms with Crippen LogP contribution in [0.25, 0.3) is 22.2 Å². The fourth-order valence-electron chi connectivity index (χ4n) is 4.97. The molecule has 1 aliphatic rings. The normalized spacial score (nSPS) is 14.5. The van der Waals surface area contributed by atoms with Crippen LogP contribution in [-0.4, -0.2) is 36.1 Å². The Morgan fingerprint density at radius 3 is 2.53 bits per heavy atom. The van der Waals surface area contributed by atoms with Gasteiger partial charge in [0.1, 0.15) is 21.9 Å². The van der Waals surface area contributed by atoms with Crippen molar-refractivity contribution < 1.29 is 9.90 Å². The maximum Gasteiger partial charge on any atom is 0.336 e. The number of carboxylic acid groups (broad SMARTS) is 1. The van der Waals surface area contributed by atoms with Crippen LogP contribution in [-0.2, 0) is 6.54 Å². The summed E-state index contributed by atoms with van der Waals surface area (Å²) >= 11 is 1.74. The molecule has 0 spiro atoms. The molecule has 0 bridgehead atoms. The lowest BCUT2D eigenvalue weighted by Gasteiger charge is -2.20. The number of fused-ring (bicyclic) bond motifs is 1. The predicted octanol–water partition coefficient (Wildman–Crippen LogP) is 6.08. The molecule has 0 aliphatic heterocycles. The first-order valence-electron chi connectivity index (χ1n) is 12.5. The van der Waals surface area contributed by atoms with E-state index in [-0.39, 0.29) is 17.0 Å². The average Bonchev–Trinajstić information content (AvgIpc) is 3.27. The van der Waals surface area contributed by atoms with E-state index in [0.717, 1.165) is 22.0 Å². The Kier molecular flexibility index (Phi) is 6.96. The minimum atomic E-state index is -0.948. The predicted molar refractivity (Wildman–Crippen MR) is 143 cm³/mol. The fourth-order valence-corrected chi connectivity index (χ4v) is 6.21. The summed E-state index contributed by atoms with van der Waals surface area (Å²) in [7, 11) is 0. The first-order chi connectivity index (χ1) is 17.4. The third-order valence-corrected chi connectivity index (χ3v) is 8.10. The lowest BCUT2D eigenvalue weighted by atomic mass is 9.98. The summed E-state index contributed by atoms with van der Waals surface area (Å²) in [5.74, 6) is 0.0382. The third kappa shape index (κ3) is 4.82. The summed E-state index contributed by atoms with van der Waals surface area (Å²) in [6, 6.07) is 14.8. The van der Waals surface area contributed by atoms with Crippen LogP contribution in [0.15, 0.2) is 58.4 Å². The Hall–Kier alpha value is -3.39. The van der Waals surface area contributed by atoms with Crippen LogP contribution in [0.4, 0.5) is 0 Å². The number of nitrogens with zero attached hydrogens (tertiary/aromatic N) is 3. The molecular weight excluding hydrogens is 472 g/mol. The summed E-state index contributed by atoms with van der Waals surface area (Å²) in [6.07, 6.45) is 6.11. The number of nitrogens with one attached hydrogen (secondary N) is 1.